The molecule has 0 unspecified atom stereocenters. The number of piperazine rings is 1. The van der Waals surface area contributed by atoms with E-state index in [0.29, 0.717) is 11.4 Å². The van der Waals surface area contributed by atoms with Gasteiger partial charge in [-0.15, -0.1) is 0 Å². The van der Waals surface area contributed by atoms with Gasteiger partial charge in [0.05, 0.1) is 0 Å². The molecule has 1 aliphatic rings. The van der Waals surface area contributed by atoms with Crippen molar-refractivity contribution < 1.29 is 4.79 Å². The molecule has 2 heterocycles. The predicted molar refractivity (Wildman–Crippen MR) is 71.4 cm³/mol. The van der Waals surface area contributed by atoms with Crippen LogP contribution in [0.25, 0.3) is 0 Å². The van der Waals surface area contributed by atoms with E-state index in [1.807, 2.05) is 11.8 Å². The van der Waals surface area contributed by atoms with E-state index in [2.05, 4.69) is 16.8 Å². The number of carbonyl (C=O) groups excluding carboxylic acids is 1. The first-order valence-corrected chi connectivity index (χ1v) is 6.36. The van der Waals surface area contributed by atoms with Gasteiger partial charge in [0.15, 0.2) is 0 Å². The Kier molecular flexibility index (Phi) is 3.81. The molecule has 1 aromatic heterocycles. The number of nitrogens with zero attached hydrogens (tertiary/aromatic N) is 3. The number of likely N-dealkylation sites (N-methyl/N-ethyl adjacent to an activating group) is 1. The first-order chi connectivity index (χ1) is 8.60. The lowest BCUT2D eigenvalue weighted by atomic mass is 10.2. The second-order valence-electron chi connectivity index (χ2n) is 4.65. The minimum atomic E-state index is 0.0583. The number of rotatable bonds is 2. The molecule has 5 nitrogen and oxygen atoms in total. The fourth-order valence-corrected chi connectivity index (χ4v) is 2.27. The van der Waals surface area contributed by atoms with Crippen molar-refractivity contribution in [2.45, 2.75) is 13.8 Å². The van der Waals surface area contributed by atoms with Crippen LogP contribution in [0.4, 0.5) is 5.82 Å². The van der Waals surface area contributed by atoms with Crippen molar-refractivity contribution in [3.63, 3.8) is 0 Å². The maximum absolute atomic E-state index is 12.3. The van der Waals surface area contributed by atoms with E-state index in [0.717, 1.165) is 38.4 Å². The molecule has 1 fully saturated rings. The zero-order chi connectivity index (χ0) is 13.1. The molecule has 18 heavy (non-hydrogen) atoms. The maximum atomic E-state index is 12.3. The molecule has 1 amide bonds. The van der Waals surface area contributed by atoms with E-state index in [4.69, 9.17) is 5.73 Å². The smallest absolute Gasteiger partial charge is 0.254 e. The average molecular weight is 248 g/mol. The number of anilines is 1. The Bertz CT molecular complexity index is 418. The van der Waals surface area contributed by atoms with Crippen molar-refractivity contribution in [2.75, 3.05) is 38.5 Å². The highest BCUT2D eigenvalue weighted by Gasteiger charge is 2.21. The van der Waals surface area contributed by atoms with Gasteiger partial charge in [-0.3, -0.25) is 4.79 Å². The fourth-order valence-electron chi connectivity index (χ4n) is 2.27. The Morgan fingerprint density at radius 3 is 2.56 bits per heavy atom. The largest absolute Gasteiger partial charge is 0.384 e. The number of aromatic nitrogens is 1. The van der Waals surface area contributed by atoms with Crippen LogP contribution in [-0.4, -0.2) is 53.4 Å². The van der Waals surface area contributed by atoms with E-state index in [-0.39, 0.29) is 5.91 Å². The van der Waals surface area contributed by atoms with Gasteiger partial charge in [-0.25, -0.2) is 4.98 Å². The zero-order valence-corrected chi connectivity index (χ0v) is 11.0. The molecule has 98 valence electrons. The summed E-state index contributed by atoms with van der Waals surface area (Å²) in [5, 5.41) is 0. The molecule has 0 aromatic carbocycles. The summed E-state index contributed by atoms with van der Waals surface area (Å²) in [5.41, 5.74) is 7.11. The third-order valence-corrected chi connectivity index (χ3v) is 3.33. The molecule has 0 atom stereocenters. The van der Waals surface area contributed by atoms with Crippen molar-refractivity contribution in [1.29, 1.82) is 0 Å². The number of carbonyl (C=O) groups is 1. The molecule has 0 bridgehead atoms. The SMILES string of the molecule is CCN1CCN(C(=O)c2cc(C)nc(N)c2)CC1. The second-order valence-corrected chi connectivity index (χ2v) is 4.65. The molecule has 1 aliphatic heterocycles. The first kappa shape index (κ1) is 12.8. The van der Waals surface area contributed by atoms with Crippen LogP contribution in [0.3, 0.4) is 0 Å². The highest BCUT2D eigenvalue weighted by molar-refractivity contribution is 5.95. The molecular weight excluding hydrogens is 228 g/mol. The van der Waals surface area contributed by atoms with Crippen molar-refractivity contribution in [3.8, 4) is 0 Å². The molecule has 2 N–H and O–H groups in total. The minimum Gasteiger partial charge on any atom is -0.384 e. The molecule has 0 saturated carbocycles. The van der Waals surface area contributed by atoms with Crippen molar-refractivity contribution in [1.82, 2.24) is 14.8 Å². The summed E-state index contributed by atoms with van der Waals surface area (Å²) in [6.07, 6.45) is 0. The highest BCUT2D eigenvalue weighted by Crippen LogP contribution is 2.12. The Labute approximate surface area is 108 Å². The molecule has 2 rings (SSSR count). The van der Waals surface area contributed by atoms with Gasteiger partial charge in [0.1, 0.15) is 5.82 Å². The number of pyridine rings is 1. The van der Waals surface area contributed by atoms with Gasteiger partial charge in [0.25, 0.3) is 5.91 Å². The predicted octanol–water partition coefficient (Wildman–Crippen LogP) is 0.750. The van der Waals surface area contributed by atoms with Crippen LogP contribution in [0.1, 0.15) is 23.0 Å². The van der Waals surface area contributed by atoms with Crippen molar-refractivity contribution in [3.05, 3.63) is 23.4 Å². The molecule has 1 saturated heterocycles. The third kappa shape index (κ3) is 2.79. The molecule has 1 aromatic rings. The number of aryl methyl sites for hydroxylation is 1. The van der Waals surface area contributed by atoms with Gasteiger partial charge in [-0.2, -0.15) is 0 Å². The van der Waals surface area contributed by atoms with Crippen LogP contribution >= 0.6 is 0 Å². The Morgan fingerprint density at radius 1 is 1.33 bits per heavy atom. The zero-order valence-electron chi connectivity index (χ0n) is 11.0. The Hall–Kier alpha value is -1.62. The van der Waals surface area contributed by atoms with E-state index in [1.54, 1.807) is 12.1 Å². The van der Waals surface area contributed by atoms with Gasteiger partial charge in [0.2, 0.25) is 0 Å². The van der Waals surface area contributed by atoms with Crippen molar-refractivity contribution >= 4 is 11.7 Å². The van der Waals surface area contributed by atoms with Gasteiger partial charge >= 0.3 is 0 Å². The van der Waals surface area contributed by atoms with Crippen LogP contribution in [0, 0.1) is 6.92 Å². The van der Waals surface area contributed by atoms with Crippen molar-refractivity contribution in [2.24, 2.45) is 0 Å². The van der Waals surface area contributed by atoms with E-state index < -0.39 is 0 Å². The van der Waals surface area contributed by atoms with Crippen LogP contribution < -0.4 is 5.73 Å². The maximum Gasteiger partial charge on any atom is 0.254 e. The summed E-state index contributed by atoms with van der Waals surface area (Å²) in [7, 11) is 0. The number of nitrogen functional groups attached to an aromatic ring is 1. The monoisotopic (exact) mass is 248 g/mol. The van der Waals surface area contributed by atoms with Gasteiger partial charge in [0, 0.05) is 37.4 Å². The van der Waals surface area contributed by atoms with Crippen LogP contribution in [0.2, 0.25) is 0 Å². The topological polar surface area (TPSA) is 62.5 Å². The van der Waals surface area contributed by atoms with E-state index in [1.165, 1.54) is 0 Å². The number of amides is 1. The lowest BCUT2D eigenvalue weighted by molar-refractivity contribution is 0.0643. The molecule has 0 radical (unpaired) electrons. The molecule has 5 heteroatoms. The van der Waals surface area contributed by atoms with Gasteiger partial charge in [-0.1, -0.05) is 6.92 Å². The average Bonchev–Trinajstić information content (AvgIpc) is 2.37. The summed E-state index contributed by atoms with van der Waals surface area (Å²) in [6, 6.07) is 3.45. The Balaban J connectivity index is 2.07. The van der Waals surface area contributed by atoms with E-state index in [9.17, 15) is 4.79 Å². The van der Waals surface area contributed by atoms with Gasteiger partial charge in [-0.05, 0) is 25.6 Å². The van der Waals surface area contributed by atoms with E-state index >= 15 is 0 Å². The summed E-state index contributed by atoms with van der Waals surface area (Å²) >= 11 is 0. The van der Waals surface area contributed by atoms with Crippen LogP contribution in [0.15, 0.2) is 12.1 Å². The second kappa shape index (κ2) is 5.35. The molecule has 0 aliphatic carbocycles. The summed E-state index contributed by atoms with van der Waals surface area (Å²) in [5.74, 6) is 0.466. The lowest BCUT2D eigenvalue weighted by Crippen LogP contribution is -2.48. The minimum absolute atomic E-state index is 0.0583. The standard InChI is InChI=1S/C13H20N4O/c1-3-16-4-6-17(7-5-16)13(18)11-8-10(2)15-12(14)9-11/h8-9H,3-7H2,1-2H3,(H2,14,15). The quantitative estimate of drug-likeness (QED) is 0.839. The third-order valence-electron chi connectivity index (χ3n) is 3.33. The fraction of sp³-hybridized carbons (Fsp3) is 0.538. The molecule has 0 spiro atoms. The first-order valence-electron chi connectivity index (χ1n) is 6.36. The highest BCUT2D eigenvalue weighted by atomic mass is 16.2. The summed E-state index contributed by atoms with van der Waals surface area (Å²) in [6.45, 7) is 8.50. The number of nitrogens with two attached hydrogens (primary N) is 1. The lowest BCUT2D eigenvalue weighted by Gasteiger charge is -2.34. The Morgan fingerprint density at radius 2 is 2.00 bits per heavy atom. The summed E-state index contributed by atoms with van der Waals surface area (Å²) in [4.78, 5) is 20.6. The van der Waals surface area contributed by atoms with Crippen LogP contribution in [0.5, 0.6) is 0 Å². The number of hydrogen-bond donors (Lipinski definition) is 1. The summed E-state index contributed by atoms with van der Waals surface area (Å²) < 4.78 is 0. The number of hydrogen-bond acceptors (Lipinski definition) is 4. The normalized spacial score (nSPS) is 16.9. The van der Waals surface area contributed by atoms with Crippen LogP contribution in [-0.2, 0) is 0 Å². The van der Waals surface area contributed by atoms with Gasteiger partial charge < -0.3 is 15.5 Å². The molecular formula is C13H20N4O.